The van der Waals surface area contributed by atoms with Gasteiger partial charge in [0.25, 0.3) is 0 Å². The summed E-state index contributed by atoms with van der Waals surface area (Å²) in [6, 6.07) is 18.2. The van der Waals surface area contributed by atoms with Gasteiger partial charge in [0.2, 0.25) is 5.91 Å². The summed E-state index contributed by atoms with van der Waals surface area (Å²) in [6.07, 6.45) is 6.32. The Labute approximate surface area is 171 Å². The molecule has 1 N–H and O–H groups in total. The Balaban J connectivity index is 1.39. The predicted octanol–water partition coefficient (Wildman–Crippen LogP) is 3.50. The number of amides is 1. The zero-order chi connectivity index (χ0) is 20.1. The van der Waals surface area contributed by atoms with Crippen LogP contribution in [0.4, 0.5) is 5.82 Å². The van der Waals surface area contributed by atoms with Crippen LogP contribution in [0.5, 0.6) is 0 Å². The van der Waals surface area contributed by atoms with Crippen molar-refractivity contribution in [3.05, 3.63) is 89.4 Å². The first-order valence-corrected chi connectivity index (χ1v) is 10.1. The fourth-order valence-electron chi connectivity index (χ4n) is 3.98. The Hall–Kier alpha value is -3.21. The van der Waals surface area contributed by atoms with Gasteiger partial charge in [-0.3, -0.25) is 9.78 Å². The Kier molecular flexibility index (Phi) is 5.84. The van der Waals surface area contributed by atoms with Crippen molar-refractivity contribution < 1.29 is 4.79 Å². The highest BCUT2D eigenvalue weighted by Gasteiger charge is 2.28. The van der Waals surface area contributed by atoms with Gasteiger partial charge >= 0.3 is 0 Å². The molecule has 5 heteroatoms. The maximum atomic E-state index is 12.8. The summed E-state index contributed by atoms with van der Waals surface area (Å²) in [5.41, 5.74) is 4.55. The average molecular weight is 386 g/mol. The topological polar surface area (TPSA) is 58.1 Å². The van der Waals surface area contributed by atoms with Crippen molar-refractivity contribution in [2.45, 2.75) is 31.7 Å². The molecule has 1 unspecified atom stereocenters. The quantitative estimate of drug-likeness (QED) is 0.675. The molecule has 1 amide bonds. The maximum absolute atomic E-state index is 12.8. The monoisotopic (exact) mass is 386 g/mol. The molecule has 0 saturated heterocycles. The van der Waals surface area contributed by atoms with Crippen molar-refractivity contribution in [3.63, 3.8) is 0 Å². The number of benzene rings is 1. The summed E-state index contributed by atoms with van der Waals surface area (Å²) in [5.74, 6) is 0.949. The summed E-state index contributed by atoms with van der Waals surface area (Å²) < 4.78 is 0. The SMILES string of the molecule is CN(CCc1ccccn1)c1ncccc1CNC(=O)C1CCc2ccccc21. The fourth-order valence-corrected chi connectivity index (χ4v) is 3.98. The van der Waals surface area contributed by atoms with Gasteiger partial charge in [-0.2, -0.15) is 0 Å². The van der Waals surface area contributed by atoms with Crippen LogP contribution in [0.2, 0.25) is 0 Å². The molecule has 148 valence electrons. The van der Waals surface area contributed by atoms with Crippen LogP contribution in [0, 0.1) is 0 Å². The highest BCUT2D eigenvalue weighted by atomic mass is 16.1. The molecule has 1 aromatic carbocycles. The van der Waals surface area contributed by atoms with E-state index in [9.17, 15) is 4.79 Å². The number of nitrogens with zero attached hydrogens (tertiary/aromatic N) is 3. The first-order valence-electron chi connectivity index (χ1n) is 10.1. The lowest BCUT2D eigenvalue weighted by atomic mass is 10.0. The fraction of sp³-hybridized carbons (Fsp3) is 0.292. The lowest BCUT2D eigenvalue weighted by Gasteiger charge is -2.21. The van der Waals surface area contributed by atoms with Crippen molar-refractivity contribution in [1.82, 2.24) is 15.3 Å². The predicted molar refractivity (Wildman–Crippen MR) is 115 cm³/mol. The first-order chi connectivity index (χ1) is 14.2. The van der Waals surface area contributed by atoms with Crippen LogP contribution in [0.3, 0.4) is 0 Å². The van der Waals surface area contributed by atoms with E-state index in [1.807, 2.05) is 55.7 Å². The van der Waals surface area contributed by atoms with Crippen molar-refractivity contribution in [2.24, 2.45) is 0 Å². The molecule has 1 aliphatic rings. The van der Waals surface area contributed by atoms with E-state index in [1.54, 1.807) is 6.20 Å². The van der Waals surface area contributed by atoms with Crippen molar-refractivity contribution in [2.75, 3.05) is 18.5 Å². The molecule has 0 bridgehead atoms. The molecule has 5 nitrogen and oxygen atoms in total. The smallest absolute Gasteiger partial charge is 0.227 e. The third kappa shape index (κ3) is 4.45. The number of carbonyl (C=O) groups excluding carboxylic acids is 1. The highest BCUT2D eigenvalue weighted by Crippen LogP contribution is 2.33. The van der Waals surface area contributed by atoms with E-state index in [1.165, 1.54) is 11.1 Å². The number of nitrogens with one attached hydrogen (secondary N) is 1. The molecule has 2 aromatic heterocycles. The van der Waals surface area contributed by atoms with Gasteiger partial charge in [-0.15, -0.1) is 0 Å². The van der Waals surface area contributed by atoms with Gasteiger partial charge in [0.15, 0.2) is 0 Å². The number of carbonyl (C=O) groups is 1. The van der Waals surface area contributed by atoms with Crippen LogP contribution in [-0.2, 0) is 24.2 Å². The Morgan fingerprint density at radius 3 is 2.76 bits per heavy atom. The first kappa shape index (κ1) is 19.1. The number of anilines is 1. The number of pyridine rings is 2. The van der Waals surface area contributed by atoms with E-state index >= 15 is 0 Å². The molecule has 29 heavy (non-hydrogen) atoms. The second-order valence-corrected chi connectivity index (χ2v) is 7.49. The van der Waals surface area contributed by atoms with Crippen LogP contribution in [-0.4, -0.2) is 29.5 Å². The van der Waals surface area contributed by atoms with E-state index in [-0.39, 0.29) is 11.8 Å². The minimum atomic E-state index is -0.0480. The Morgan fingerprint density at radius 1 is 1.07 bits per heavy atom. The minimum Gasteiger partial charge on any atom is -0.359 e. The van der Waals surface area contributed by atoms with Crippen LogP contribution < -0.4 is 10.2 Å². The molecule has 3 aromatic rings. The van der Waals surface area contributed by atoms with Gasteiger partial charge in [-0.05, 0) is 42.2 Å². The third-order valence-corrected chi connectivity index (χ3v) is 5.56. The normalized spacial score (nSPS) is 15.0. The van der Waals surface area contributed by atoms with Gasteiger partial charge in [0.1, 0.15) is 5.82 Å². The van der Waals surface area contributed by atoms with E-state index < -0.39 is 0 Å². The van der Waals surface area contributed by atoms with Gasteiger partial charge in [-0.1, -0.05) is 36.4 Å². The summed E-state index contributed by atoms with van der Waals surface area (Å²) in [5, 5.41) is 3.13. The highest BCUT2D eigenvalue weighted by molar-refractivity contribution is 5.85. The number of hydrogen-bond acceptors (Lipinski definition) is 4. The van der Waals surface area contributed by atoms with Crippen molar-refractivity contribution in [1.29, 1.82) is 0 Å². The second-order valence-electron chi connectivity index (χ2n) is 7.49. The zero-order valence-electron chi connectivity index (χ0n) is 16.7. The molecule has 4 rings (SSSR count). The largest absolute Gasteiger partial charge is 0.359 e. The van der Waals surface area contributed by atoms with Crippen LogP contribution in [0.25, 0.3) is 0 Å². The summed E-state index contributed by atoms with van der Waals surface area (Å²) in [4.78, 5) is 23.9. The molecular weight excluding hydrogens is 360 g/mol. The van der Waals surface area contributed by atoms with Crippen LogP contribution >= 0.6 is 0 Å². The molecule has 0 spiro atoms. The third-order valence-electron chi connectivity index (χ3n) is 5.56. The molecule has 1 atom stereocenters. The lowest BCUT2D eigenvalue weighted by Crippen LogP contribution is -2.29. The molecule has 0 aliphatic heterocycles. The molecule has 0 fully saturated rings. The Bertz CT molecular complexity index is 973. The Morgan fingerprint density at radius 2 is 1.90 bits per heavy atom. The van der Waals surface area contributed by atoms with Crippen LogP contribution in [0.15, 0.2) is 67.0 Å². The molecular formula is C24H26N4O. The number of aryl methyl sites for hydroxylation is 1. The van der Waals surface area contributed by atoms with Crippen LogP contribution in [0.1, 0.15) is 34.7 Å². The molecule has 1 aliphatic carbocycles. The summed E-state index contributed by atoms with van der Waals surface area (Å²) in [6.45, 7) is 1.29. The van der Waals surface area contributed by atoms with Gasteiger partial charge in [-0.25, -0.2) is 4.98 Å². The van der Waals surface area contributed by atoms with E-state index in [0.717, 1.165) is 42.9 Å². The minimum absolute atomic E-state index is 0.0480. The number of likely N-dealkylation sites (N-methyl/N-ethyl adjacent to an activating group) is 1. The molecule has 2 heterocycles. The van der Waals surface area contributed by atoms with Gasteiger partial charge < -0.3 is 10.2 Å². The number of fused-ring (bicyclic) bond motifs is 1. The molecule has 0 saturated carbocycles. The van der Waals surface area contributed by atoms with E-state index in [0.29, 0.717) is 6.54 Å². The summed E-state index contributed by atoms with van der Waals surface area (Å²) in [7, 11) is 2.03. The number of hydrogen-bond donors (Lipinski definition) is 1. The van der Waals surface area contributed by atoms with Crippen molar-refractivity contribution in [3.8, 4) is 0 Å². The van der Waals surface area contributed by atoms with Crippen molar-refractivity contribution >= 4 is 11.7 Å². The maximum Gasteiger partial charge on any atom is 0.227 e. The van der Waals surface area contributed by atoms with E-state index in [4.69, 9.17) is 0 Å². The number of rotatable bonds is 7. The van der Waals surface area contributed by atoms with E-state index in [2.05, 4.69) is 32.3 Å². The standard InChI is InChI=1S/C24H26N4O/c1-28(16-13-20-9-4-5-14-25-20)23-19(8-6-15-26-23)17-27-24(29)22-12-11-18-7-2-3-10-21(18)22/h2-10,14-15,22H,11-13,16-17H2,1H3,(H,27,29). The number of aromatic nitrogens is 2. The van der Waals surface area contributed by atoms with Gasteiger partial charge in [0.05, 0.1) is 5.92 Å². The summed E-state index contributed by atoms with van der Waals surface area (Å²) >= 11 is 0. The molecule has 0 radical (unpaired) electrons. The van der Waals surface area contributed by atoms with Gasteiger partial charge in [0, 0.05) is 50.2 Å². The average Bonchev–Trinajstić information content (AvgIpc) is 3.21. The zero-order valence-corrected chi connectivity index (χ0v) is 16.7. The second kappa shape index (κ2) is 8.86. The lowest BCUT2D eigenvalue weighted by molar-refractivity contribution is -0.122.